The first-order valence-electron chi connectivity index (χ1n) is 11.1. The first kappa shape index (κ1) is 26.4. The van der Waals surface area contributed by atoms with Gasteiger partial charge in [-0.05, 0) is 44.4 Å². The third kappa shape index (κ3) is 7.54. The van der Waals surface area contributed by atoms with E-state index < -0.39 is 0 Å². The van der Waals surface area contributed by atoms with Crippen LogP contribution in [0, 0.1) is 11.3 Å². The first-order chi connectivity index (χ1) is 13.6. The fourth-order valence-corrected chi connectivity index (χ4v) is 4.19. The molecule has 0 spiro atoms. The molecule has 0 unspecified atom stereocenters. The molecule has 0 aliphatic carbocycles. The van der Waals surface area contributed by atoms with Gasteiger partial charge in [0, 0.05) is 51.8 Å². The zero-order valence-electron chi connectivity index (χ0n) is 18.5. The number of halogens is 1. The summed E-state index contributed by atoms with van der Waals surface area (Å²) >= 11 is 0. The van der Waals surface area contributed by atoms with Gasteiger partial charge in [-0.2, -0.15) is 0 Å². The molecule has 8 heteroatoms. The molecular formula is C21H41IN4O3. The molecule has 0 aromatic heterocycles. The van der Waals surface area contributed by atoms with E-state index in [-0.39, 0.29) is 41.9 Å². The van der Waals surface area contributed by atoms with Gasteiger partial charge < -0.3 is 25.0 Å². The molecule has 0 atom stereocenters. The lowest BCUT2D eigenvalue weighted by atomic mass is 9.79. The summed E-state index contributed by atoms with van der Waals surface area (Å²) in [5.41, 5.74) is 0.0695. The Morgan fingerprint density at radius 1 is 1.10 bits per heavy atom. The van der Waals surface area contributed by atoms with Crippen LogP contribution in [0.4, 0.5) is 0 Å². The maximum Gasteiger partial charge on any atom is 0.225 e. The number of nitrogens with one attached hydrogen (secondary N) is 1. The Kier molecular flexibility index (Phi) is 12.4. The van der Waals surface area contributed by atoms with E-state index in [1.165, 1.54) is 0 Å². The highest BCUT2D eigenvalue weighted by atomic mass is 127. The molecule has 29 heavy (non-hydrogen) atoms. The van der Waals surface area contributed by atoms with Gasteiger partial charge in [0.15, 0.2) is 5.96 Å². The normalized spacial score (nSPS) is 19.1. The van der Waals surface area contributed by atoms with Gasteiger partial charge in [-0.3, -0.25) is 9.79 Å². The van der Waals surface area contributed by atoms with Gasteiger partial charge >= 0.3 is 0 Å². The second kappa shape index (κ2) is 13.6. The number of amides is 1. The molecule has 2 saturated heterocycles. The Morgan fingerprint density at radius 3 is 2.24 bits per heavy atom. The number of aliphatic imine (C=N–C) groups is 1. The zero-order valence-corrected chi connectivity index (χ0v) is 20.8. The van der Waals surface area contributed by atoms with Crippen LogP contribution in [-0.2, 0) is 9.53 Å². The average Bonchev–Trinajstić information content (AvgIpc) is 2.76. The minimum Gasteiger partial charge on any atom is -0.396 e. The molecule has 2 aliphatic heterocycles. The van der Waals surface area contributed by atoms with Crippen LogP contribution >= 0.6 is 24.0 Å². The van der Waals surface area contributed by atoms with E-state index in [0.29, 0.717) is 19.1 Å². The van der Waals surface area contributed by atoms with Crippen molar-refractivity contribution < 1.29 is 14.6 Å². The number of likely N-dealkylation sites (tertiary alicyclic amines) is 1. The van der Waals surface area contributed by atoms with Crippen molar-refractivity contribution in [3.8, 4) is 0 Å². The number of aliphatic hydroxyl groups excluding tert-OH is 1. The van der Waals surface area contributed by atoms with Gasteiger partial charge in [0.2, 0.25) is 5.91 Å². The predicted molar refractivity (Wildman–Crippen MR) is 128 cm³/mol. The van der Waals surface area contributed by atoms with Gasteiger partial charge in [-0.25, -0.2) is 0 Å². The van der Waals surface area contributed by atoms with Gasteiger partial charge in [-0.15, -0.1) is 24.0 Å². The molecular weight excluding hydrogens is 483 g/mol. The maximum absolute atomic E-state index is 12.7. The van der Waals surface area contributed by atoms with E-state index in [9.17, 15) is 9.90 Å². The summed E-state index contributed by atoms with van der Waals surface area (Å²) in [5.74, 6) is 1.37. The van der Waals surface area contributed by atoms with E-state index in [0.717, 1.165) is 77.3 Å². The maximum atomic E-state index is 12.7. The van der Waals surface area contributed by atoms with Crippen molar-refractivity contribution in [2.75, 3.05) is 59.1 Å². The molecule has 0 radical (unpaired) electrons. The Bertz CT molecular complexity index is 500. The zero-order chi connectivity index (χ0) is 20.4. The van der Waals surface area contributed by atoms with Crippen LogP contribution in [0.1, 0.15) is 52.9 Å². The third-order valence-electron chi connectivity index (χ3n) is 6.51. The van der Waals surface area contributed by atoms with Gasteiger partial charge in [0.25, 0.3) is 0 Å². The number of guanidine groups is 1. The fraction of sp³-hybridized carbons (Fsp3) is 0.905. The lowest BCUT2D eigenvalue weighted by Crippen LogP contribution is -2.50. The number of aliphatic hydroxyl groups is 1. The number of piperidine rings is 1. The van der Waals surface area contributed by atoms with Crippen LogP contribution in [-0.4, -0.2) is 85.9 Å². The van der Waals surface area contributed by atoms with E-state index in [4.69, 9.17) is 9.73 Å². The molecule has 0 aromatic rings. The number of rotatable bonds is 8. The van der Waals surface area contributed by atoms with Crippen molar-refractivity contribution in [3.63, 3.8) is 0 Å². The Labute approximate surface area is 193 Å². The smallest absolute Gasteiger partial charge is 0.225 e. The molecule has 0 bridgehead atoms. The molecule has 170 valence electrons. The average molecular weight is 524 g/mol. The molecule has 2 rings (SSSR count). The van der Waals surface area contributed by atoms with Crippen LogP contribution in [0.3, 0.4) is 0 Å². The molecule has 2 fully saturated rings. The van der Waals surface area contributed by atoms with Crippen molar-refractivity contribution in [3.05, 3.63) is 0 Å². The second-order valence-corrected chi connectivity index (χ2v) is 8.05. The van der Waals surface area contributed by atoms with Crippen molar-refractivity contribution >= 4 is 35.8 Å². The summed E-state index contributed by atoms with van der Waals surface area (Å²) < 4.78 is 5.36. The standard InChI is InChI=1S/C21H40N4O3.HI/c1-4-21(5-2,9-14-26)17-23-20(22-6-3)25-10-7-18(8-11-25)19(27)24-12-15-28-16-13-24;/h18,26H,4-17H2,1-3H3,(H,22,23);1H. The van der Waals surface area contributed by atoms with Crippen LogP contribution in [0.25, 0.3) is 0 Å². The minimum absolute atomic E-state index is 0. The number of hydrogen-bond acceptors (Lipinski definition) is 4. The van der Waals surface area contributed by atoms with Gasteiger partial charge in [-0.1, -0.05) is 13.8 Å². The molecule has 2 aliphatic rings. The SMILES string of the molecule is CCNC(=NCC(CC)(CC)CCO)N1CCC(C(=O)N2CCOCC2)CC1.I. The number of morpholine rings is 1. The van der Waals surface area contributed by atoms with Crippen LogP contribution in [0.15, 0.2) is 4.99 Å². The molecule has 0 aromatic carbocycles. The van der Waals surface area contributed by atoms with E-state index >= 15 is 0 Å². The van der Waals surface area contributed by atoms with E-state index in [1.807, 2.05) is 4.90 Å². The van der Waals surface area contributed by atoms with Crippen molar-refractivity contribution in [2.24, 2.45) is 16.3 Å². The molecule has 2 N–H and O–H groups in total. The fourth-order valence-electron chi connectivity index (χ4n) is 4.19. The third-order valence-corrected chi connectivity index (χ3v) is 6.51. The summed E-state index contributed by atoms with van der Waals surface area (Å²) in [6, 6.07) is 0. The topological polar surface area (TPSA) is 77.4 Å². The predicted octanol–water partition coefficient (Wildman–Crippen LogP) is 2.33. The summed E-state index contributed by atoms with van der Waals surface area (Å²) in [5, 5.41) is 12.9. The quantitative estimate of drug-likeness (QED) is 0.290. The Morgan fingerprint density at radius 2 is 1.72 bits per heavy atom. The van der Waals surface area contributed by atoms with Crippen LogP contribution in [0.5, 0.6) is 0 Å². The lowest BCUT2D eigenvalue weighted by Gasteiger charge is -2.37. The van der Waals surface area contributed by atoms with Crippen molar-refractivity contribution in [1.29, 1.82) is 0 Å². The molecule has 7 nitrogen and oxygen atoms in total. The largest absolute Gasteiger partial charge is 0.396 e. The highest BCUT2D eigenvalue weighted by Gasteiger charge is 2.31. The van der Waals surface area contributed by atoms with Crippen LogP contribution in [0.2, 0.25) is 0 Å². The summed E-state index contributed by atoms with van der Waals surface area (Å²) in [4.78, 5) is 21.9. The number of hydrogen-bond donors (Lipinski definition) is 2. The summed E-state index contributed by atoms with van der Waals surface area (Å²) in [7, 11) is 0. The van der Waals surface area contributed by atoms with Gasteiger partial charge in [0.05, 0.1) is 13.2 Å². The Hall–Kier alpha value is -0.610. The van der Waals surface area contributed by atoms with E-state index in [2.05, 4.69) is 31.0 Å². The molecule has 2 heterocycles. The first-order valence-corrected chi connectivity index (χ1v) is 11.1. The summed E-state index contributed by atoms with van der Waals surface area (Å²) in [6.07, 6.45) is 4.58. The monoisotopic (exact) mass is 524 g/mol. The highest BCUT2D eigenvalue weighted by molar-refractivity contribution is 14.0. The van der Waals surface area contributed by atoms with E-state index in [1.54, 1.807) is 0 Å². The molecule has 0 saturated carbocycles. The van der Waals surface area contributed by atoms with Crippen molar-refractivity contribution in [1.82, 2.24) is 15.1 Å². The number of carbonyl (C=O) groups is 1. The lowest BCUT2D eigenvalue weighted by molar-refractivity contribution is -0.140. The molecule has 1 amide bonds. The highest BCUT2D eigenvalue weighted by Crippen LogP contribution is 2.31. The number of nitrogens with zero attached hydrogens (tertiary/aromatic N) is 3. The van der Waals surface area contributed by atoms with Crippen molar-refractivity contribution in [2.45, 2.75) is 52.9 Å². The van der Waals surface area contributed by atoms with Gasteiger partial charge in [0.1, 0.15) is 0 Å². The summed E-state index contributed by atoms with van der Waals surface area (Å²) in [6.45, 7) is 12.7. The Balaban J connectivity index is 0.00000420. The van der Waals surface area contributed by atoms with Crippen LogP contribution < -0.4 is 5.32 Å². The second-order valence-electron chi connectivity index (χ2n) is 8.05. The minimum atomic E-state index is 0. The number of carbonyl (C=O) groups excluding carboxylic acids is 1. The number of ether oxygens (including phenoxy) is 1.